The van der Waals surface area contributed by atoms with Gasteiger partial charge in [-0.25, -0.2) is 13.6 Å². The second-order valence-electron chi connectivity index (χ2n) is 6.25. The van der Waals surface area contributed by atoms with E-state index < -0.39 is 42.6 Å². The molecule has 2 aromatic rings. The molecule has 0 aromatic heterocycles. The summed E-state index contributed by atoms with van der Waals surface area (Å²) in [6.45, 7) is 4.75. The van der Waals surface area contributed by atoms with E-state index in [1.165, 1.54) is 6.07 Å². The van der Waals surface area contributed by atoms with Crippen molar-refractivity contribution in [2.24, 2.45) is 0 Å². The highest BCUT2D eigenvalue weighted by molar-refractivity contribution is 5.95. The standard InChI is InChI=1S/C21H23F2N3O4/c1-3-26(4-2)16-8-5-14(6-9-16)21(29)30-13-20(28)24-12-19(27)25-15-7-10-17(22)18(23)11-15/h5-11H,3-4,12-13H2,1-2H3,(H,24,28)(H,25,27). The zero-order valence-electron chi connectivity index (χ0n) is 16.7. The second-order valence-corrected chi connectivity index (χ2v) is 6.25. The molecule has 0 heterocycles. The molecule has 0 bridgehead atoms. The van der Waals surface area contributed by atoms with Gasteiger partial charge in [-0.05, 0) is 50.2 Å². The van der Waals surface area contributed by atoms with E-state index in [1.807, 2.05) is 13.8 Å². The first-order chi connectivity index (χ1) is 14.3. The molecular formula is C21H23F2N3O4. The number of carbonyl (C=O) groups excluding carboxylic acids is 3. The number of benzene rings is 2. The molecule has 30 heavy (non-hydrogen) atoms. The van der Waals surface area contributed by atoms with E-state index in [9.17, 15) is 23.2 Å². The minimum absolute atomic E-state index is 0.0488. The van der Waals surface area contributed by atoms with Crippen molar-refractivity contribution >= 4 is 29.2 Å². The topological polar surface area (TPSA) is 87.7 Å². The van der Waals surface area contributed by atoms with Crippen LogP contribution in [0.15, 0.2) is 42.5 Å². The molecule has 0 aliphatic heterocycles. The number of carbonyl (C=O) groups is 3. The zero-order valence-corrected chi connectivity index (χ0v) is 16.7. The predicted molar refractivity (Wildman–Crippen MR) is 108 cm³/mol. The van der Waals surface area contributed by atoms with Crippen molar-refractivity contribution in [2.45, 2.75) is 13.8 Å². The summed E-state index contributed by atoms with van der Waals surface area (Å²) in [6, 6.07) is 9.70. The van der Waals surface area contributed by atoms with Gasteiger partial charge in [-0.15, -0.1) is 0 Å². The Hall–Kier alpha value is -3.49. The highest BCUT2D eigenvalue weighted by Gasteiger charge is 2.12. The molecule has 0 unspecified atom stereocenters. The molecule has 0 atom stereocenters. The van der Waals surface area contributed by atoms with Gasteiger partial charge < -0.3 is 20.3 Å². The Kier molecular flexibility index (Phi) is 8.28. The first-order valence-corrected chi connectivity index (χ1v) is 9.37. The maximum absolute atomic E-state index is 13.1. The Morgan fingerprint density at radius 3 is 2.20 bits per heavy atom. The fraction of sp³-hybridized carbons (Fsp3) is 0.286. The number of esters is 1. The van der Waals surface area contributed by atoms with E-state index in [2.05, 4.69) is 15.5 Å². The van der Waals surface area contributed by atoms with Crippen LogP contribution in [0.25, 0.3) is 0 Å². The van der Waals surface area contributed by atoms with Crippen LogP contribution in [0.3, 0.4) is 0 Å². The molecule has 7 nitrogen and oxygen atoms in total. The summed E-state index contributed by atoms with van der Waals surface area (Å²) < 4.78 is 30.9. The summed E-state index contributed by atoms with van der Waals surface area (Å²) in [7, 11) is 0. The molecule has 0 spiro atoms. The van der Waals surface area contributed by atoms with Crippen molar-refractivity contribution in [1.82, 2.24) is 5.32 Å². The van der Waals surface area contributed by atoms with Crippen LogP contribution in [0.4, 0.5) is 20.2 Å². The number of amides is 2. The van der Waals surface area contributed by atoms with Crippen molar-refractivity contribution in [3.05, 3.63) is 59.7 Å². The van der Waals surface area contributed by atoms with Crippen molar-refractivity contribution < 1.29 is 27.9 Å². The van der Waals surface area contributed by atoms with Gasteiger partial charge >= 0.3 is 5.97 Å². The van der Waals surface area contributed by atoms with Crippen LogP contribution < -0.4 is 15.5 Å². The van der Waals surface area contributed by atoms with Crippen LogP contribution in [0, 0.1) is 11.6 Å². The largest absolute Gasteiger partial charge is 0.452 e. The third-order valence-electron chi connectivity index (χ3n) is 4.22. The van der Waals surface area contributed by atoms with Gasteiger partial charge in [-0.2, -0.15) is 0 Å². The maximum atomic E-state index is 13.1. The molecule has 0 radical (unpaired) electrons. The fourth-order valence-corrected chi connectivity index (χ4v) is 2.62. The van der Waals surface area contributed by atoms with Gasteiger partial charge in [-0.3, -0.25) is 9.59 Å². The van der Waals surface area contributed by atoms with Crippen LogP contribution in [0.1, 0.15) is 24.2 Å². The summed E-state index contributed by atoms with van der Waals surface area (Å²) in [4.78, 5) is 37.7. The molecular weight excluding hydrogens is 396 g/mol. The number of anilines is 2. The Labute approximate surface area is 173 Å². The number of nitrogens with zero attached hydrogens (tertiary/aromatic N) is 1. The lowest BCUT2D eigenvalue weighted by molar-refractivity contribution is -0.126. The summed E-state index contributed by atoms with van der Waals surface area (Å²) in [5.41, 5.74) is 1.32. The Morgan fingerprint density at radius 1 is 0.933 bits per heavy atom. The molecule has 0 aliphatic rings. The number of halogens is 2. The van der Waals surface area contributed by atoms with Crippen LogP contribution >= 0.6 is 0 Å². The molecule has 2 N–H and O–H groups in total. The number of hydrogen-bond acceptors (Lipinski definition) is 5. The van der Waals surface area contributed by atoms with Crippen molar-refractivity contribution in [2.75, 3.05) is 36.5 Å². The second kappa shape index (κ2) is 10.9. The molecule has 0 saturated carbocycles. The van der Waals surface area contributed by atoms with Gasteiger partial charge in [0, 0.05) is 30.5 Å². The average molecular weight is 419 g/mol. The fourth-order valence-electron chi connectivity index (χ4n) is 2.62. The SMILES string of the molecule is CCN(CC)c1ccc(C(=O)OCC(=O)NCC(=O)Nc2ccc(F)c(F)c2)cc1. The van der Waals surface area contributed by atoms with Gasteiger partial charge in [0.25, 0.3) is 5.91 Å². The van der Waals surface area contributed by atoms with Gasteiger partial charge in [0.1, 0.15) is 0 Å². The lowest BCUT2D eigenvalue weighted by Gasteiger charge is -2.20. The zero-order chi connectivity index (χ0) is 22.1. The van der Waals surface area contributed by atoms with E-state index in [4.69, 9.17) is 4.74 Å². The summed E-state index contributed by atoms with van der Waals surface area (Å²) in [5.74, 6) is -4.13. The van der Waals surface area contributed by atoms with Gasteiger partial charge in [0.15, 0.2) is 18.2 Å². The van der Waals surface area contributed by atoms with Gasteiger partial charge in [0.05, 0.1) is 12.1 Å². The monoisotopic (exact) mass is 419 g/mol. The van der Waals surface area contributed by atoms with E-state index >= 15 is 0 Å². The molecule has 0 saturated heterocycles. The summed E-state index contributed by atoms with van der Waals surface area (Å²) >= 11 is 0. The first kappa shape index (κ1) is 22.8. The molecule has 9 heteroatoms. The van der Waals surface area contributed by atoms with E-state index in [1.54, 1.807) is 24.3 Å². The number of rotatable bonds is 9. The summed E-state index contributed by atoms with van der Waals surface area (Å²) in [6.07, 6.45) is 0. The van der Waals surface area contributed by atoms with Gasteiger partial charge in [-0.1, -0.05) is 0 Å². The van der Waals surface area contributed by atoms with E-state index in [0.29, 0.717) is 5.56 Å². The minimum atomic E-state index is -1.10. The van der Waals surface area contributed by atoms with Crippen molar-refractivity contribution in [3.8, 4) is 0 Å². The van der Waals surface area contributed by atoms with Gasteiger partial charge in [0.2, 0.25) is 5.91 Å². The average Bonchev–Trinajstić information content (AvgIpc) is 2.74. The minimum Gasteiger partial charge on any atom is -0.452 e. The number of nitrogens with one attached hydrogen (secondary N) is 2. The highest BCUT2D eigenvalue weighted by Crippen LogP contribution is 2.15. The lowest BCUT2D eigenvalue weighted by atomic mass is 10.2. The van der Waals surface area contributed by atoms with Crippen LogP contribution in [0.2, 0.25) is 0 Å². The van der Waals surface area contributed by atoms with E-state index in [0.717, 1.165) is 30.9 Å². The molecule has 160 valence electrons. The Balaban J connectivity index is 1.76. The van der Waals surface area contributed by atoms with Crippen LogP contribution in [0.5, 0.6) is 0 Å². The third-order valence-corrected chi connectivity index (χ3v) is 4.22. The normalized spacial score (nSPS) is 10.3. The molecule has 0 fully saturated rings. The lowest BCUT2D eigenvalue weighted by Crippen LogP contribution is -2.35. The number of hydrogen-bond donors (Lipinski definition) is 2. The quantitative estimate of drug-likeness (QED) is 0.611. The predicted octanol–water partition coefficient (Wildman–Crippen LogP) is 2.72. The first-order valence-electron chi connectivity index (χ1n) is 9.37. The Morgan fingerprint density at radius 2 is 1.60 bits per heavy atom. The molecule has 2 aromatic carbocycles. The van der Waals surface area contributed by atoms with Crippen LogP contribution in [-0.2, 0) is 14.3 Å². The van der Waals surface area contributed by atoms with Crippen molar-refractivity contribution in [3.63, 3.8) is 0 Å². The summed E-state index contributed by atoms with van der Waals surface area (Å²) in [5, 5.41) is 4.58. The third kappa shape index (κ3) is 6.54. The van der Waals surface area contributed by atoms with Crippen molar-refractivity contribution in [1.29, 1.82) is 0 Å². The maximum Gasteiger partial charge on any atom is 0.338 e. The molecule has 0 aliphatic carbocycles. The molecule has 2 amide bonds. The Bertz CT molecular complexity index is 900. The number of ether oxygens (including phenoxy) is 1. The smallest absolute Gasteiger partial charge is 0.338 e. The molecule has 2 rings (SSSR count). The van der Waals surface area contributed by atoms with E-state index in [-0.39, 0.29) is 5.69 Å². The highest BCUT2D eigenvalue weighted by atomic mass is 19.2. The van der Waals surface area contributed by atoms with Crippen LogP contribution in [-0.4, -0.2) is 44.0 Å².